The van der Waals surface area contributed by atoms with Crippen LogP contribution in [0.1, 0.15) is 47.0 Å². The summed E-state index contributed by atoms with van der Waals surface area (Å²) in [4.78, 5) is 24.0. The summed E-state index contributed by atoms with van der Waals surface area (Å²) in [5.74, 6) is -0.135. The summed E-state index contributed by atoms with van der Waals surface area (Å²) in [5, 5.41) is 16.7. The molecule has 1 saturated heterocycles. The molecule has 0 unspecified atom stereocenters. The van der Waals surface area contributed by atoms with Gasteiger partial charge >= 0.3 is 0 Å². The molecule has 0 aromatic carbocycles. The van der Waals surface area contributed by atoms with Gasteiger partial charge in [0.25, 0.3) is 0 Å². The zero-order chi connectivity index (χ0) is 22.7. The predicted octanol–water partition coefficient (Wildman–Crippen LogP) is 5.06. The molecule has 0 spiro atoms. The minimum Gasteiger partial charge on any atom is -0.508 e. The Bertz CT molecular complexity index is 774. The van der Waals surface area contributed by atoms with Crippen molar-refractivity contribution in [2.75, 3.05) is 13.1 Å². The Morgan fingerprint density at radius 3 is 2.60 bits per heavy atom. The van der Waals surface area contributed by atoms with Gasteiger partial charge in [0, 0.05) is 28.9 Å². The zero-order valence-electron chi connectivity index (χ0n) is 18.0. The molecule has 0 aromatic heterocycles. The normalized spacial score (nSPS) is 21.9. The molecule has 0 aromatic rings. The third-order valence-electron chi connectivity index (χ3n) is 4.98. The van der Waals surface area contributed by atoms with Crippen molar-refractivity contribution in [1.82, 2.24) is 15.3 Å². The monoisotopic (exact) mass is 499 g/mol. The molecule has 0 aliphatic carbocycles. The van der Waals surface area contributed by atoms with Crippen LogP contribution in [0.2, 0.25) is 0 Å². The maximum Gasteiger partial charge on any atom is 0.247 e. The van der Waals surface area contributed by atoms with Gasteiger partial charge < -0.3 is 10.4 Å². The van der Waals surface area contributed by atoms with E-state index in [2.05, 4.69) is 21.2 Å². The Morgan fingerprint density at radius 1 is 1.33 bits per heavy atom. The van der Waals surface area contributed by atoms with Crippen LogP contribution < -0.4 is 5.32 Å². The Morgan fingerprint density at radius 2 is 2.03 bits per heavy atom. The van der Waals surface area contributed by atoms with Gasteiger partial charge in [-0.2, -0.15) is 0 Å². The molecule has 166 valence electrons. The molecule has 0 bridgehead atoms. The summed E-state index contributed by atoms with van der Waals surface area (Å²) < 4.78 is 0.859. The fourth-order valence-electron chi connectivity index (χ4n) is 3.18. The first kappa shape index (κ1) is 26.2. The lowest BCUT2D eigenvalue weighted by Gasteiger charge is -2.39. The van der Waals surface area contributed by atoms with Crippen LogP contribution in [0.25, 0.3) is 0 Å². The first-order chi connectivity index (χ1) is 14.2. The van der Waals surface area contributed by atoms with E-state index in [0.717, 1.165) is 30.2 Å². The van der Waals surface area contributed by atoms with Crippen molar-refractivity contribution in [3.05, 3.63) is 57.4 Å². The Labute approximate surface area is 192 Å². The van der Waals surface area contributed by atoms with E-state index >= 15 is 0 Å². The van der Waals surface area contributed by atoms with Crippen molar-refractivity contribution in [2.45, 2.75) is 52.5 Å². The van der Waals surface area contributed by atoms with Crippen molar-refractivity contribution >= 4 is 39.8 Å². The van der Waals surface area contributed by atoms with Gasteiger partial charge in [-0.3, -0.25) is 14.6 Å². The van der Waals surface area contributed by atoms with Crippen LogP contribution in [-0.2, 0) is 9.59 Å². The van der Waals surface area contributed by atoms with Crippen LogP contribution in [0.3, 0.4) is 0 Å². The van der Waals surface area contributed by atoms with Gasteiger partial charge in [-0.1, -0.05) is 46.6 Å². The third-order valence-corrected chi connectivity index (χ3v) is 6.55. The van der Waals surface area contributed by atoms with E-state index in [1.807, 2.05) is 31.9 Å². The molecule has 8 heteroatoms. The van der Waals surface area contributed by atoms with Gasteiger partial charge in [0.05, 0.1) is 17.1 Å². The van der Waals surface area contributed by atoms with Crippen LogP contribution in [0.5, 0.6) is 0 Å². The average Bonchev–Trinajstić information content (AvgIpc) is 3.13. The molecule has 1 aliphatic rings. The van der Waals surface area contributed by atoms with Crippen molar-refractivity contribution in [3.8, 4) is 0 Å². The van der Waals surface area contributed by atoms with E-state index in [1.165, 1.54) is 12.3 Å². The summed E-state index contributed by atoms with van der Waals surface area (Å²) in [6.07, 6.45) is 13.0. The first-order valence-electron chi connectivity index (χ1n) is 9.93. The second-order valence-electron chi connectivity index (χ2n) is 7.06. The number of hydrazine groups is 1. The maximum atomic E-state index is 12.2. The van der Waals surface area contributed by atoms with Gasteiger partial charge in [0.2, 0.25) is 12.3 Å². The molecular weight excluding hydrogens is 470 g/mol. The molecule has 2 N–H and O–H groups in total. The minimum absolute atomic E-state index is 0.148. The van der Waals surface area contributed by atoms with E-state index in [-0.39, 0.29) is 18.2 Å². The number of allylic oxidation sites excluding steroid dienone is 5. The SMILES string of the molecule is C/C=C(CN(C=O)N1CCC[C@]1(C)/C=C/C(=O)N/C=C/C(Cl)=C(/Br)CC)\C(O)=C/C. The number of amides is 2. The van der Waals surface area contributed by atoms with Gasteiger partial charge in [-0.15, -0.1) is 0 Å². The van der Waals surface area contributed by atoms with E-state index in [1.54, 1.807) is 30.2 Å². The zero-order valence-corrected chi connectivity index (χ0v) is 20.3. The number of hydrogen-bond acceptors (Lipinski definition) is 4. The lowest BCUT2D eigenvalue weighted by atomic mass is 9.99. The molecule has 6 nitrogen and oxygen atoms in total. The van der Waals surface area contributed by atoms with E-state index < -0.39 is 5.54 Å². The molecule has 1 atom stereocenters. The van der Waals surface area contributed by atoms with Crippen LogP contribution in [0, 0.1) is 0 Å². The number of nitrogens with zero attached hydrogens (tertiary/aromatic N) is 2. The summed E-state index contributed by atoms with van der Waals surface area (Å²) >= 11 is 9.44. The van der Waals surface area contributed by atoms with Gasteiger partial charge in [0.15, 0.2) is 0 Å². The highest BCUT2D eigenvalue weighted by Crippen LogP contribution is 2.32. The number of hydrogen-bond donors (Lipinski definition) is 2. The fraction of sp³-hybridized carbons (Fsp3) is 0.455. The van der Waals surface area contributed by atoms with Crippen molar-refractivity contribution in [3.63, 3.8) is 0 Å². The molecule has 30 heavy (non-hydrogen) atoms. The third kappa shape index (κ3) is 7.45. The maximum absolute atomic E-state index is 12.2. The van der Waals surface area contributed by atoms with Crippen LogP contribution in [0.4, 0.5) is 0 Å². The Hall–Kier alpha value is -1.83. The average molecular weight is 501 g/mol. The number of aliphatic hydroxyl groups excluding tert-OH is 1. The second kappa shape index (κ2) is 12.8. The predicted molar refractivity (Wildman–Crippen MR) is 126 cm³/mol. The highest BCUT2D eigenvalue weighted by molar-refractivity contribution is 9.11. The number of carbonyl (C=O) groups is 2. The number of aliphatic hydroxyl groups is 1. The highest BCUT2D eigenvalue weighted by Gasteiger charge is 2.38. The standard InChI is InChI=1S/C22H31BrClN3O3/c1-5-17(20(29)7-3)15-26(16-28)27-14-8-11-22(27,4)12-9-21(30)25-13-10-19(24)18(23)6-2/h5,7,9-10,12-13,16,29H,6,8,11,14-15H2,1-4H3,(H,25,30)/b12-9+,13-10+,17-5-,19-18-,20-7+/t22-/m1/s1. The Balaban J connectivity index is 2.87. The van der Waals surface area contributed by atoms with E-state index in [0.29, 0.717) is 17.2 Å². The lowest BCUT2D eigenvalue weighted by molar-refractivity contribution is -0.138. The van der Waals surface area contributed by atoms with Gasteiger partial charge in [-0.25, -0.2) is 5.01 Å². The minimum atomic E-state index is -0.491. The lowest BCUT2D eigenvalue weighted by Crippen LogP contribution is -2.51. The summed E-state index contributed by atoms with van der Waals surface area (Å²) in [7, 11) is 0. The smallest absolute Gasteiger partial charge is 0.247 e. The number of nitrogens with one attached hydrogen (secondary N) is 1. The van der Waals surface area contributed by atoms with Crippen LogP contribution in [0.15, 0.2) is 57.4 Å². The first-order valence-corrected chi connectivity index (χ1v) is 11.1. The van der Waals surface area contributed by atoms with Gasteiger partial charge in [-0.05, 0) is 52.2 Å². The summed E-state index contributed by atoms with van der Waals surface area (Å²) in [6.45, 7) is 8.45. The topological polar surface area (TPSA) is 72.9 Å². The van der Waals surface area contributed by atoms with Crippen molar-refractivity contribution < 1.29 is 14.7 Å². The Kier molecular flexibility index (Phi) is 11.2. The largest absolute Gasteiger partial charge is 0.508 e. The molecule has 1 fully saturated rings. The molecule has 1 rings (SSSR count). The van der Waals surface area contributed by atoms with E-state index in [9.17, 15) is 14.7 Å². The molecule has 1 heterocycles. The molecular formula is C22H31BrClN3O3. The van der Waals surface area contributed by atoms with Crippen LogP contribution >= 0.6 is 27.5 Å². The second-order valence-corrected chi connectivity index (χ2v) is 8.42. The summed E-state index contributed by atoms with van der Waals surface area (Å²) in [5.41, 5.74) is 0.170. The van der Waals surface area contributed by atoms with Crippen molar-refractivity contribution in [1.29, 1.82) is 0 Å². The molecule has 0 radical (unpaired) electrons. The van der Waals surface area contributed by atoms with E-state index in [4.69, 9.17) is 11.6 Å². The number of halogens is 2. The molecule has 0 saturated carbocycles. The van der Waals surface area contributed by atoms with Gasteiger partial charge in [0.1, 0.15) is 5.76 Å². The number of carbonyl (C=O) groups excluding carboxylic acids is 2. The van der Waals surface area contributed by atoms with Crippen molar-refractivity contribution in [2.24, 2.45) is 0 Å². The molecule has 2 amide bonds. The molecule has 1 aliphatic heterocycles. The quantitative estimate of drug-likeness (QED) is 0.190. The fourth-order valence-corrected chi connectivity index (χ4v) is 3.51. The van der Waals surface area contributed by atoms with Crippen LogP contribution in [-0.4, -0.2) is 46.1 Å². The summed E-state index contributed by atoms with van der Waals surface area (Å²) in [6, 6.07) is 0. The highest BCUT2D eigenvalue weighted by atomic mass is 79.9. The number of rotatable bonds is 10.